The molecule has 1 unspecified atom stereocenters. The fourth-order valence-corrected chi connectivity index (χ4v) is 3.74. The third kappa shape index (κ3) is 5.62. The van der Waals surface area contributed by atoms with Crippen molar-refractivity contribution in [2.75, 3.05) is 18.8 Å². The first-order valence-corrected chi connectivity index (χ1v) is 9.22. The van der Waals surface area contributed by atoms with Gasteiger partial charge >= 0.3 is 0 Å². The molecule has 1 aliphatic rings. The molecule has 0 spiro atoms. The minimum atomic E-state index is -0.586. The first-order valence-electron chi connectivity index (χ1n) is 8.24. The molecule has 1 fully saturated rings. The van der Waals surface area contributed by atoms with Gasteiger partial charge in [0.15, 0.2) is 0 Å². The van der Waals surface area contributed by atoms with E-state index in [-0.39, 0.29) is 11.8 Å². The molecule has 1 atom stereocenters. The van der Waals surface area contributed by atoms with Gasteiger partial charge in [0.05, 0.1) is 6.42 Å². The summed E-state index contributed by atoms with van der Waals surface area (Å²) in [6.07, 6.45) is 8.69. The molecule has 1 aliphatic heterocycles. The zero-order valence-electron chi connectivity index (χ0n) is 13.5. The molecule has 0 aliphatic carbocycles. The third-order valence-corrected chi connectivity index (χ3v) is 5.41. The molecular weight excluding hydrogens is 284 g/mol. The van der Waals surface area contributed by atoms with Gasteiger partial charge < -0.3 is 5.73 Å². The molecule has 1 rings (SSSR count). The number of thioether (sulfide) groups is 1. The number of hydrogen-bond acceptors (Lipinski definition) is 4. The minimum Gasteiger partial charge on any atom is -0.330 e. The summed E-state index contributed by atoms with van der Waals surface area (Å²) in [5.74, 6) is 0.691. The summed E-state index contributed by atoms with van der Waals surface area (Å²) in [7, 11) is 0. The van der Waals surface area contributed by atoms with Crippen molar-refractivity contribution in [1.29, 1.82) is 0 Å². The van der Waals surface area contributed by atoms with Crippen molar-refractivity contribution in [3.8, 4) is 0 Å². The normalized spacial score (nSPS) is 22.3. The first-order chi connectivity index (χ1) is 10.0. The number of nitrogens with two attached hydrogens (primary N) is 1. The van der Waals surface area contributed by atoms with Crippen LogP contribution >= 0.6 is 11.8 Å². The fraction of sp³-hybridized carbons (Fsp3) is 0.875. The molecule has 21 heavy (non-hydrogen) atoms. The Balaban J connectivity index is 2.29. The highest BCUT2D eigenvalue weighted by Crippen LogP contribution is 2.36. The number of unbranched alkanes of at least 4 members (excludes halogenated alkanes) is 6. The number of amides is 2. The lowest BCUT2D eigenvalue weighted by atomic mass is 10.1. The van der Waals surface area contributed by atoms with E-state index in [1.54, 1.807) is 0 Å². The summed E-state index contributed by atoms with van der Waals surface area (Å²) in [4.78, 5) is 25.9. The summed E-state index contributed by atoms with van der Waals surface area (Å²) in [5.41, 5.74) is 5.50. The van der Waals surface area contributed by atoms with Gasteiger partial charge in [-0.25, -0.2) is 0 Å². The Kier molecular flexibility index (Phi) is 8.34. The van der Waals surface area contributed by atoms with Crippen LogP contribution in [0.25, 0.3) is 0 Å². The van der Waals surface area contributed by atoms with Crippen LogP contribution in [0.3, 0.4) is 0 Å². The first kappa shape index (κ1) is 18.5. The molecular formula is C16H30N2O2S. The average Bonchev–Trinajstić information content (AvgIpc) is 2.67. The number of rotatable bonds is 11. The van der Waals surface area contributed by atoms with Crippen LogP contribution in [0.1, 0.15) is 65.2 Å². The Bertz CT molecular complexity index is 349. The monoisotopic (exact) mass is 314 g/mol. The van der Waals surface area contributed by atoms with Gasteiger partial charge in [-0.2, -0.15) is 0 Å². The number of hydrogen-bond donors (Lipinski definition) is 1. The van der Waals surface area contributed by atoms with E-state index in [9.17, 15) is 9.59 Å². The quantitative estimate of drug-likeness (QED) is 0.470. The van der Waals surface area contributed by atoms with Gasteiger partial charge in [0.1, 0.15) is 4.75 Å². The van der Waals surface area contributed by atoms with E-state index in [0.29, 0.717) is 19.5 Å². The van der Waals surface area contributed by atoms with Gasteiger partial charge in [0, 0.05) is 18.8 Å². The van der Waals surface area contributed by atoms with Gasteiger partial charge in [0.25, 0.3) is 0 Å². The highest BCUT2D eigenvalue weighted by atomic mass is 32.2. The van der Waals surface area contributed by atoms with Gasteiger partial charge in [-0.15, -0.1) is 11.8 Å². The van der Waals surface area contributed by atoms with E-state index in [4.69, 9.17) is 5.73 Å². The molecule has 1 heterocycles. The molecule has 0 aromatic rings. The smallest absolute Gasteiger partial charge is 0.245 e. The van der Waals surface area contributed by atoms with E-state index in [0.717, 1.165) is 18.6 Å². The molecule has 2 N–H and O–H groups in total. The van der Waals surface area contributed by atoms with Gasteiger partial charge in [0.2, 0.25) is 11.8 Å². The second-order valence-corrected chi connectivity index (χ2v) is 7.61. The maximum Gasteiger partial charge on any atom is 0.245 e. The van der Waals surface area contributed by atoms with E-state index in [1.807, 2.05) is 6.92 Å². The zero-order valence-corrected chi connectivity index (χ0v) is 14.3. The molecule has 0 bridgehead atoms. The number of carbonyl (C=O) groups excluding carboxylic acids is 2. The van der Waals surface area contributed by atoms with Crippen molar-refractivity contribution in [3.05, 3.63) is 0 Å². The van der Waals surface area contributed by atoms with Crippen molar-refractivity contribution < 1.29 is 9.59 Å². The highest BCUT2D eigenvalue weighted by molar-refractivity contribution is 8.01. The van der Waals surface area contributed by atoms with Crippen molar-refractivity contribution in [1.82, 2.24) is 4.90 Å². The molecule has 0 saturated carbocycles. The van der Waals surface area contributed by atoms with Gasteiger partial charge in [-0.1, -0.05) is 45.4 Å². The van der Waals surface area contributed by atoms with E-state index in [1.165, 1.54) is 48.8 Å². The molecule has 4 nitrogen and oxygen atoms in total. The summed E-state index contributed by atoms with van der Waals surface area (Å²) >= 11 is 1.52. The summed E-state index contributed by atoms with van der Waals surface area (Å²) < 4.78 is -0.586. The number of imide groups is 1. The maximum absolute atomic E-state index is 12.4. The van der Waals surface area contributed by atoms with Crippen molar-refractivity contribution in [2.45, 2.75) is 70.0 Å². The van der Waals surface area contributed by atoms with Crippen LogP contribution in [0.2, 0.25) is 0 Å². The van der Waals surface area contributed by atoms with Crippen molar-refractivity contribution in [3.63, 3.8) is 0 Å². The lowest BCUT2D eigenvalue weighted by Crippen LogP contribution is -2.37. The van der Waals surface area contributed by atoms with Crippen LogP contribution in [0.15, 0.2) is 0 Å². The standard InChI is InChI=1S/C16H30N2O2S/c1-3-4-5-6-7-8-9-11-18-14(19)13-16(2,15(18)20)21-12-10-17/h3-13,17H2,1-2H3. The zero-order chi connectivity index (χ0) is 15.7. The Hall–Kier alpha value is -0.550. The average molecular weight is 314 g/mol. The molecule has 1 saturated heterocycles. The Morgan fingerprint density at radius 2 is 1.76 bits per heavy atom. The van der Waals surface area contributed by atoms with E-state index < -0.39 is 4.75 Å². The number of nitrogens with zero attached hydrogens (tertiary/aromatic N) is 1. The van der Waals surface area contributed by atoms with E-state index >= 15 is 0 Å². The number of carbonyl (C=O) groups is 2. The molecule has 2 amide bonds. The van der Waals surface area contributed by atoms with Crippen LogP contribution in [0.5, 0.6) is 0 Å². The Morgan fingerprint density at radius 3 is 2.38 bits per heavy atom. The predicted molar refractivity (Wildman–Crippen MR) is 89.2 cm³/mol. The topological polar surface area (TPSA) is 63.4 Å². The van der Waals surface area contributed by atoms with Gasteiger partial charge in [-0.3, -0.25) is 14.5 Å². The highest BCUT2D eigenvalue weighted by Gasteiger charge is 2.47. The summed E-state index contributed by atoms with van der Waals surface area (Å²) in [6, 6.07) is 0. The Morgan fingerprint density at radius 1 is 1.14 bits per heavy atom. The second-order valence-electron chi connectivity index (χ2n) is 6.02. The molecule has 0 aromatic heterocycles. The lowest BCUT2D eigenvalue weighted by molar-refractivity contribution is -0.138. The molecule has 122 valence electrons. The fourth-order valence-electron chi connectivity index (χ4n) is 2.71. The van der Waals surface area contributed by atoms with Crippen LogP contribution in [0, 0.1) is 0 Å². The van der Waals surface area contributed by atoms with Crippen molar-refractivity contribution >= 4 is 23.6 Å². The summed E-state index contributed by atoms with van der Waals surface area (Å²) in [6.45, 7) is 5.21. The summed E-state index contributed by atoms with van der Waals surface area (Å²) in [5, 5.41) is 0. The number of likely N-dealkylation sites (tertiary alicyclic amines) is 1. The third-order valence-electron chi connectivity index (χ3n) is 4.01. The SMILES string of the molecule is CCCCCCCCCN1C(=O)CC(C)(SCCN)C1=O. The lowest BCUT2D eigenvalue weighted by Gasteiger charge is -2.21. The maximum atomic E-state index is 12.4. The second kappa shape index (κ2) is 9.46. The van der Waals surface area contributed by atoms with Crippen molar-refractivity contribution in [2.24, 2.45) is 5.73 Å². The Labute approximate surface area is 133 Å². The van der Waals surface area contributed by atoms with Crippen LogP contribution in [-0.4, -0.2) is 40.3 Å². The largest absolute Gasteiger partial charge is 0.330 e. The van der Waals surface area contributed by atoms with Crippen LogP contribution in [0.4, 0.5) is 0 Å². The predicted octanol–water partition coefficient (Wildman–Crippen LogP) is 2.95. The molecule has 5 heteroatoms. The van der Waals surface area contributed by atoms with Gasteiger partial charge in [-0.05, 0) is 13.3 Å². The van der Waals surface area contributed by atoms with E-state index in [2.05, 4.69) is 6.92 Å². The molecule has 0 aromatic carbocycles. The molecule has 0 radical (unpaired) electrons. The van der Waals surface area contributed by atoms with Crippen LogP contribution < -0.4 is 5.73 Å². The minimum absolute atomic E-state index is 0.0157. The van der Waals surface area contributed by atoms with Crippen LogP contribution in [-0.2, 0) is 9.59 Å².